The zero-order valence-electron chi connectivity index (χ0n) is 13.7. The summed E-state index contributed by atoms with van der Waals surface area (Å²) in [5.74, 6) is 1.57. The van der Waals surface area contributed by atoms with Crippen LogP contribution in [0.5, 0.6) is 0 Å². The van der Waals surface area contributed by atoms with Gasteiger partial charge in [0, 0.05) is 21.8 Å². The van der Waals surface area contributed by atoms with Gasteiger partial charge in [0.25, 0.3) is 5.56 Å². The van der Waals surface area contributed by atoms with E-state index in [9.17, 15) is 10.1 Å². The molecule has 126 valence electrons. The van der Waals surface area contributed by atoms with Gasteiger partial charge in [-0.25, -0.2) is 0 Å². The van der Waals surface area contributed by atoms with Crippen LogP contribution in [0.4, 0.5) is 0 Å². The monoisotopic (exact) mass is 370 g/mol. The molecule has 0 aliphatic heterocycles. The maximum Gasteiger partial charge on any atom is 0.266 e. The first-order valence-electron chi connectivity index (χ1n) is 7.70. The average molecular weight is 371 g/mol. The molecular formula is C19H15ClN2O2S. The van der Waals surface area contributed by atoms with Gasteiger partial charge in [-0.1, -0.05) is 42.4 Å². The van der Waals surface area contributed by atoms with Gasteiger partial charge >= 0.3 is 0 Å². The molecule has 0 aliphatic carbocycles. The maximum atomic E-state index is 12.4. The molecule has 0 saturated heterocycles. The average Bonchev–Trinajstić information content (AvgIpc) is 2.95. The molecule has 0 saturated carbocycles. The molecule has 0 unspecified atom stereocenters. The van der Waals surface area contributed by atoms with E-state index >= 15 is 0 Å². The predicted molar refractivity (Wildman–Crippen MR) is 101 cm³/mol. The van der Waals surface area contributed by atoms with Gasteiger partial charge in [0.15, 0.2) is 5.09 Å². The van der Waals surface area contributed by atoms with Gasteiger partial charge in [0.1, 0.15) is 17.4 Å². The first kappa shape index (κ1) is 17.4. The topological polar surface area (TPSA) is 69.8 Å². The van der Waals surface area contributed by atoms with Gasteiger partial charge in [-0.2, -0.15) is 5.26 Å². The minimum absolute atomic E-state index is 0.0801. The van der Waals surface area contributed by atoms with Crippen molar-refractivity contribution in [2.75, 3.05) is 5.75 Å². The summed E-state index contributed by atoms with van der Waals surface area (Å²) in [5.41, 5.74) is 2.44. The highest BCUT2D eigenvalue weighted by molar-refractivity contribution is 7.99. The quantitative estimate of drug-likeness (QED) is 0.637. The standard InChI is InChI=1S/C19H15ClN2O2S/c1-3-25-19-15(8-11(2)24-19)14-9-17(22-18(23)16(14)10-21)12-4-6-13(20)7-5-12/h4-9H,3H2,1-2H3,(H,22,23). The van der Waals surface area contributed by atoms with Crippen LogP contribution in [0, 0.1) is 18.3 Å². The lowest BCUT2D eigenvalue weighted by Gasteiger charge is -2.08. The Morgan fingerprint density at radius 3 is 2.60 bits per heavy atom. The lowest BCUT2D eigenvalue weighted by atomic mass is 10.0. The van der Waals surface area contributed by atoms with E-state index in [0.29, 0.717) is 21.4 Å². The van der Waals surface area contributed by atoms with Crippen LogP contribution in [0.2, 0.25) is 5.02 Å². The Balaban J connectivity index is 2.24. The number of aryl methyl sites for hydroxylation is 1. The number of thioether (sulfide) groups is 1. The number of nitrogens with zero attached hydrogens (tertiary/aromatic N) is 1. The molecule has 0 radical (unpaired) electrons. The number of rotatable bonds is 4. The summed E-state index contributed by atoms with van der Waals surface area (Å²) in [4.78, 5) is 15.2. The van der Waals surface area contributed by atoms with Crippen LogP contribution in [0.25, 0.3) is 22.4 Å². The second-order valence-corrected chi connectivity index (χ2v) is 7.08. The number of hydrogen-bond acceptors (Lipinski definition) is 4. The second-order valence-electron chi connectivity index (χ2n) is 5.41. The van der Waals surface area contributed by atoms with E-state index in [0.717, 1.165) is 22.6 Å². The summed E-state index contributed by atoms with van der Waals surface area (Å²) >= 11 is 7.47. The van der Waals surface area contributed by atoms with Crippen LogP contribution in [0.3, 0.4) is 0 Å². The van der Waals surface area contributed by atoms with Crippen molar-refractivity contribution in [2.45, 2.75) is 18.9 Å². The highest BCUT2D eigenvalue weighted by atomic mass is 35.5. The third-order valence-corrected chi connectivity index (χ3v) is 4.79. The predicted octanol–water partition coefficient (Wildman–Crippen LogP) is 5.25. The van der Waals surface area contributed by atoms with Crippen molar-refractivity contribution in [3.63, 3.8) is 0 Å². The zero-order valence-corrected chi connectivity index (χ0v) is 15.3. The van der Waals surface area contributed by atoms with Gasteiger partial charge in [-0.3, -0.25) is 4.79 Å². The van der Waals surface area contributed by atoms with Crippen molar-refractivity contribution in [2.24, 2.45) is 0 Å². The Bertz CT molecular complexity index is 1010. The number of aromatic nitrogens is 1. The SMILES string of the molecule is CCSc1oc(C)cc1-c1cc(-c2ccc(Cl)cc2)[nH]c(=O)c1C#N. The number of halogens is 1. The number of nitriles is 1. The van der Waals surface area contributed by atoms with E-state index in [-0.39, 0.29) is 5.56 Å². The third-order valence-electron chi connectivity index (χ3n) is 3.69. The Morgan fingerprint density at radius 2 is 1.96 bits per heavy atom. The number of nitrogens with one attached hydrogen (secondary N) is 1. The highest BCUT2D eigenvalue weighted by Crippen LogP contribution is 2.36. The Kier molecular flexibility index (Phi) is 5.03. The zero-order chi connectivity index (χ0) is 18.0. The Hall–Kier alpha value is -2.42. The number of benzene rings is 1. The van der Waals surface area contributed by atoms with E-state index in [1.165, 1.54) is 0 Å². The highest BCUT2D eigenvalue weighted by Gasteiger charge is 2.18. The van der Waals surface area contributed by atoms with E-state index in [2.05, 4.69) is 4.98 Å². The molecule has 0 bridgehead atoms. The molecule has 25 heavy (non-hydrogen) atoms. The van der Waals surface area contributed by atoms with Crippen LogP contribution >= 0.6 is 23.4 Å². The summed E-state index contributed by atoms with van der Waals surface area (Å²) in [6.45, 7) is 3.87. The van der Waals surface area contributed by atoms with Crippen LogP contribution in [0.15, 0.2) is 50.7 Å². The van der Waals surface area contributed by atoms with Crippen LogP contribution < -0.4 is 5.56 Å². The van der Waals surface area contributed by atoms with E-state index < -0.39 is 5.56 Å². The van der Waals surface area contributed by atoms with Crippen molar-refractivity contribution >= 4 is 23.4 Å². The summed E-state index contributed by atoms with van der Waals surface area (Å²) in [6.07, 6.45) is 0. The summed E-state index contributed by atoms with van der Waals surface area (Å²) in [7, 11) is 0. The van der Waals surface area contributed by atoms with Gasteiger partial charge in [-0.15, -0.1) is 0 Å². The molecule has 1 N–H and O–H groups in total. The van der Waals surface area contributed by atoms with Crippen molar-refractivity contribution < 1.29 is 4.42 Å². The van der Waals surface area contributed by atoms with Gasteiger partial charge in [-0.05, 0) is 42.5 Å². The van der Waals surface area contributed by atoms with Crippen molar-refractivity contribution in [1.29, 1.82) is 5.26 Å². The minimum Gasteiger partial charge on any atom is -0.455 e. The Labute approximate surface area is 154 Å². The van der Waals surface area contributed by atoms with Crippen LogP contribution in [-0.4, -0.2) is 10.7 Å². The molecule has 0 spiro atoms. The minimum atomic E-state index is -0.420. The third kappa shape index (κ3) is 3.51. The molecule has 4 nitrogen and oxygen atoms in total. The van der Waals surface area contributed by atoms with Crippen molar-refractivity contribution in [3.8, 4) is 28.5 Å². The van der Waals surface area contributed by atoms with Gasteiger partial charge in [0.05, 0.1) is 0 Å². The fraction of sp³-hybridized carbons (Fsp3) is 0.158. The number of pyridine rings is 1. The molecule has 0 fully saturated rings. The molecular weight excluding hydrogens is 356 g/mol. The van der Waals surface area contributed by atoms with E-state index in [1.54, 1.807) is 23.9 Å². The van der Waals surface area contributed by atoms with Crippen molar-refractivity contribution in [3.05, 3.63) is 63.1 Å². The number of aromatic amines is 1. The van der Waals surface area contributed by atoms with Crippen molar-refractivity contribution in [1.82, 2.24) is 4.98 Å². The molecule has 2 heterocycles. The lowest BCUT2D eigenvalue weighted by molar-refractivity contribution is 0.450. The largest absolute Gasteiger partial charge is 0.455 e. The molecule has 6 heteroatoms. The number of H-pyrrole nitrogens is 1. The van der Waals surface area contributed by atoms with Gasteiger partial charge < -0.3 is 9.40 Å². The lowest BCUT2D eigenvalue weighted by Crippen LogP contribution is -2.12. The maximum absolute atomic E-state index is 12.4. The number of hydrogen-bond donors (Lipinski definition) is 1. The molecule has 2 aromatic heterocycles. The van der Waals surface area contributed by atoms with E-state index in [4.69, 9.17) is 16.0 Å². The van der Waals surface area contributed by atoms with E-state index in [1.807, 2.05) is 44.2 Å². The first-order valence-corrected chi connectivity index (χ1v) is 9.06. The molecule has 0 atom stereocenters. The summed E-state index contributed by atoms with van der Waals surface area (Å²) in [6, 6.07) is 12.9. The summed E-state index contributed by atoms with van der Waals surface area (Å²) < 4.78 is 5.73. The molecule has 0 amide bonds. The second kappa shape index (κ2) is 7.22. The molecule has 3 rings (SSSR count). The fourth-order valence-electron chi connectivity index (χ4n) is 2.59. The van der Waals surface area contributed by atoms with Crippen LogP contribution in [-0.2, 0) is 0 Å². The number of furan rings is 1. The smallest absolute Gasteiger partial charge is 0.266 e. The van der Waals surface area contributed by atoms with Crippen LogP contribution in [0.1, 0.15) is 18.2 Å². The molecule has 3 aromatic rings. The van der Waals surface area contributed by atoms with Gasteiger partial charge in [0.2, 0.25) is 0 Å². The fourth-order valence-corrected chi connectivity index (χ4v) is 3.49. The normalized spacial score (nSPS) is 10.6. The molecule has 0 aliphatic rings. The molecule has 1 aromatic carbocycles. The first-order chi connectivity index (χ1) is 12.0. The summed E-state index contributed by atoms with van der Waals surface area (Å²) in [5, 5.41) is 10.8. The Morgan fingerprint density at radius 1 is 1.24 bits per heavy atom.